The fourth-order valence-electron chi connectivity index (χ4n) is 2.78. The van der Waals surface area contributed by atoms with Gasteiger partial charge >= 0.3 is 6.03 Å². The average molecular weight is 413 g/mol. The predicted molar refractivity (Wildman–Crippen MR) is 108 cm³/mol. The second kappa shape index (κ2) is 8.04. The van der Waals surface area contributed by atoms with Crippen molar-refractivity contribution in [1.82, 2.24) is 4.98 Å². The molecule has 27 heavy (non-hydrogen) atoms. The standard InChI is InChI=1S/C18H25FN4O2S2/c1-9(2)14-7-13(19)8-15(10(3)4)16(14)22-18(24)23-27(20,25)17-11(5)21-12(6)26-17/h7-10H,1-6H3,(H3,20,22,23,24,25). The van der Waals surface area contributed by atoms with Crippen molar-refractivity contribution in [3.63, 3.8) is 0 Å². The summed E-state index contributed by atoms with van der Waals surface area (Å²) in [5, 5.41) is 9.20. The van der Waals surface area contributed by atoms with Gasteiger partial charge in [0.25, 0.3) is 0 Å². The van der Waals surface area contributed by atoms with Crippen molar-refractivity contribution in [3.8, 4) is 0 Å². The number of carbonyl (C=O) groups is 1. The number of nitrogens with one attached hydrogen (secondary N) is 1. The minimum Gasteiger partial charge on any atom is -0.305 e. The van der Waals surface area contributed by atoms with E-state index in [9.17, 15) is 13.4 Å². The number of hydrogen-bond donors (Lipinski definition) is 2. The Labute approximate surface area is 163 Å². The molecular formula is C18H25FN4O2S2. The van der Waals surface area contributed by atoms with Crippen molar-refractivity contribution < 1.29 is 13.4 Å². The van der Waals surface area contributed by atoms with E-state index in [2.05, 4.69) is 14.7 Å². The van der Waals surface area contributed by atoms with Gasteiger partial charge in [0, 0.05) is 5.69 Å². The third kappa shape index (κ3) is 4.91. The summed E-state index contributed by atoms with van der Waals surface area (Å²) < 4.78 is 30.8. The van der Waals surface area contributed by atoms with Crippen LogP contribution in [0.5, 0.6) is 0 Å². The van der Waals surface area contributed by atoms with Gasteiger partial charge in [-0.25, -0.2) is 23.5 Å². The van der Waals surface area contributed by atoms with Gasteiger partial charge in [0.05, 0.1) is 10.7 Å². The number of aryl methyl sites for hydroxylation is 2. The minimum atomic E-state index is -3.42. The molecule has 2 amide bonds. The quantitative estimate of drug-likeness (QED) is 0.733. The maximum Gasteiger partial charge on any atom is 0.354 e. The van der Waals surface area contributed by atoms with Crippen molar-refractivity contribution in [2.45, 2.75) is 57.6 Å². The van der Waals surface area contributed by atoms with Crippen LogP contribution in [-0.2, 0) is 9.92 Å². The first-order valence-electron chi connectivity index (χ1n) is 8.55. The van der Waals surface area contributed by atoms with Crippen LogP contribution < -0.4 is 10.5 Å². The van der Waals surface area contributed by atoms with E-state index in [0.717, 1.165) is 11.3 Å². The molecule has 0 fully saturated rings. The Bertz CT molecular complexity index is 960. The second-order valence-electron chi connectivity index (χ2n) is 6.96. The molecular weight excluding hydrogens is 387 g/mol. The van der Waals surface area contributed by atoms with E-state index in [4.69, 9.17) is 5.14 Å². The molecule has 0 aliphatic carbocycles. The van der Waals surface area contributed by atoms with E-state index in [0.29, 0.717) is 27.5 Å². The summed E-state index contributed by atoms with van der Waals surface area (Å²) in [7, 11) is -3.42. The van der Waals surface area contributed by atoms with Crippen LogP contribution in [0.4, 0.5) is 14.9 Å². The number of thiazole rings is 1. The molecule has 0 bridgehead atoms. The first-order chi connectivity index (χ1) is 12.4. The van der Waals surface area contributed by atoms with Gasteiger partial charge in [-0.05, 0) is 48.9 Å². The monoisotopic (exact) mass is 412 g/mol. The zero-order valence-electron chi connectivity index (χ0n) is 16.3. The Hall–Kier alpha value is -1.84. The zero-order valence-corrected chi connectivity index (χ0v) is 17.9. The van der Waals surface area contributed by atoms with Crippen LogP contribution in [0.1, 0.15) is 61.4 Å². The van der Waals surface area contributed by atoms with Crippen LogP contribution in [0.15, 0.2) is 20.7 Å². The third-order valence-electron chi connectivity index (χ3n) is 3.99. The summed E-state index contributed by atoms with van der Waals surface area (Å²) in [5.74, 6) is -0.417. The molecule has 1 aromatic heterocycles. The summed E-state index contributed by atoms with van der Waals surface area (Å²) in [6.07, 6.45) is 0. The molecule has 3 N–H and O–H groups in total. The predicted octanol–water partition coefficient (Wildman–Crippen LogP) is 5.08. The van der Waals surface area contributed by atoms with Gasteiger partial charge in [-0.2, -0.15) is 0 Å². The van der Waals surface area contributed by atoms with Crippen LogP contribution in [0, 0.1) is 19.7 Å². The number of hydrogen-bond acceptors (Lipinski definition) is 4. The highest BCUT2D eigenvalue weighted by Crippen LogP contribution is 2.34. The van der Waals surface area contributed by atoms with Gasteiger partial charge in [0.1, 0.15) is 10.0 Å². The van der Waals surface area contributed by atoms with Gasteiger partial charge in [-0.3, -0.25) is 0 Å². The van der Waals surface area contributed by atoms with Crippen molar-refractivity contribution in [3.05, 3.63) is 39.8 Å². The van der Waals surface area contributed by atoms with Crippen molar-refractivity contribution in [2.75, 3.05) is 5.32 Å². The zero-order chi connectivity index (χ0) is 20.5. The summed E-state index contributed by atoms with van der Waals surface area (Å²) in [6.45, 7) is 11.1. The minimum absolute atomic E-state index is 0.0258. The molecule has 0 aliphatic rings. The number of anilines is 1. The molecule has 0 saturated heterocycles. The lowest BCUT2D eigenvalue weighted by Gasteiger charge is -2.19. The Morgan fingerprint density at radius 1 is 1.22 bits per heavy atom. The molecule has 0 aliphatic heterocycles. The number of carbonyl (C=O) groups excluding carboxylic acids is 1. The molecule has 2 rings (SSSR count). The average Bonchev–Trinajstić information content (AvgIpc) is 2.87. The topological polar surface area (TPSA) is 97.4 Å². The molecule has 0 spiro atoms. The number of halogens is 1. The Kier molecular flexibility index (Phi) is 6.39. The number of urea groups is 1. The smallest absolute Gasteiger partial charge is 0.305 e. The molecule has 1 heterocycles. The van der Waals surface area contributed by atoms with Gasteiger partial charge in [0.2, 0.25) is 0 Å². The van der Waals surface area contributed by atoms with E-state index in [1.807, 2.05) is 27.7 Å². The fraction of sp³-hybridized carbons (Fsp3) is 0.444. The van der Waals surface area contributed by atoms with Crippen LogP contribution in [-0.4, -0.2) is 15.2 Å². The van der Waals surface area contributed by atoms with Crippen molar-refractivity contribution in [2.24, 2.45) is 9.50 Å². The summed E-state index contributed by atoms with van der Waals surface area (Å²) in [4.78, 5) is 16.7. The molecule has 1 atom stereocenters. The molecule has 1 aromatic carbocycles. The molecule has 0 radical (unpaired) electrons. The maximum atomic E-state index is 14.0. The molecule has 2 aromatic rings. The van der Waals surface area contributed by atoms with Gasteiger partial charge in [-0.1, -0.05) is 27.7 Å². The van der Waals surface area contributed by atoms with Crippen molar-refractivity contribution in [1.29, 1.82) is 0 Å². The molecule has 6 nitrogen and oxygen atoms in total. The molecule has 148 valence electrons. The molecule has 9 heteroatoms. The maximum absolute atomic E-state index is 14.0. The fourth-order valence-corrected chi connectivity index (χ4v) is 5.22. The highest BCUT2D eigenvalue weighted by molar-refractivity contribution is 7.93. The second-order valence-corrected chi connectivity index (χ2v) is 10.2. The van der Waals surface area contributed by atoms with E-state index in [1.54, 1.807) is 13.8 Å². The number of rotatable bonds is 4. The van der Waals surface area contributed by atoms with Crippen LogP contribution in [0.2, 0.25) is 0 Å². The number of aromatic nitrogens is 1. The Morgan fingerprint density at radius 3 is 2.15 bits per heavy atom. The van der Waals surface area contributed by atoms with Gasteiger partial charge < -0.3 is 5.32 Å². The Morgan fingerprint density at radius 2 is 1.74 bits per heavy atom. The van der Waals surface area contributed by atoms with E-state index >= 15 is 0 Å². The molecule has 0 saturated carbocycles. The highest BCUT2D eigenvalue weighted by atomic mass is 32.2. The van der Waals surface area contributed by atoms with E-state index in [-0.39, 0.29) is 21.9 Å². The van der Waals surface area contributed by atoms with Gasteiger partial charge in [-0.15, -0.1) is 15.7 Å². The lowest BCUT2D eigenvalue weighted by Crippen LogP contribution is -2.19. The van der Waals surface area contributed by atoms with Crippen molar-refractivity contribution >= 4 is 33.0 Å². The first-order valence-corrected chi connectivity index (χ1v) is 10.9. The van der Waals surface area contributed by atoms with Crippen LogP contribution >= 0.6 is 11.3 Å². The molecule has 1 unspecified atom stereocenters. The lowest BCUT2D eigenvalue weighted by molar-refractivity contribution is 0.260. The summed E-state index contributed by atoms with van der Waals surface area (Å²) in [5.41, 5.74) is 2.28. The van der Waals surface area contributed by atoms with Crippen LogP contribution in [0.3, 0.4) is 0 Å². The van der Waals surface area contributed by atoms with E-state index < -0.39 is 15.9 Å². The third-order valence-corrected chi connectivity index (χ3v) is 7.08. The summed E-state index contributed by atoms with van der Waals surface area (Å²) in [6, 6.07) is 1.95. The number of nitrogens with zero attached hydrogens (tertiary/aromatic N) is 2. The lowest BCUT2D eigenvalue weighted by atomic mass is 9.92. The SMILES string of the molecule is Cc1nc(C)c(S(N)(=O)=NC(=O)Nc2c(C(C)C)cc(F)cc2C(C)C)s1. The highest BCUT2D eigenvalue weighted by Gasteiger charge is 2.21. The normalized spacial score (nSPS) is 13.7. The summed E-state index contributed by atoms with van der Waals surface area (Å²) >= 11 is 1.15. The van der Waals surface area contributed by atoms with Crippen LogP contribution in [0.25, 0.3) is 0 Å². The largest absolute Gasteiger partial charge is 0.354 e. The first kappa shape index (κ1) is 21.5. The number of benzene rings is 1. The Balaban J connectivity index is 2.49. The number of amides is 2. The van der Waals surface area contributed by atoms with E-state index in [1.165, 1.54) is 12.1 Å². The van der Waals surface area contributed by atoms with Gasteiger partial charge in [0.15, 0.2) is 9.92 Å². The number of nitrogens with two attached hydrogens (primary N) is 1.